The van der Waals surface area contributed by atoms with Crippen molar-refractivity contribution in [2.24, 2.45) is 0 Å². The number of piperidine rings is 2. The second kappa shape index (κ2) is 10.1. The molecule has 12 heteroatoms. The van der Waals surface area contributed by atoms with Crippen molar-refractivity contribution in [1.82, 2.24) is 26.2 Å². The molecule has 11 nitrogen and oxygen atoms in total. The summed E-state index contributed by atoms with van der Waals surface area (Å²) in [6, 6.07) is 2.43. The van der Waals surface area contributed by atoms with Crippen molar-refractivity contribution in [2.45, 2.75) is 56.8 Å². The fourth-order valence-corrected chi connectivity index (χ4v) is 4.50. The van der Waals surface area contributed by atoms with Crippen LogP contribution in [0.2, 0.25) is 0 Å². The number of rotatable bonds is 6. The Morgan fingerprint density at radius 1 is 1.33 bits per heavy atom. The molecule has 3 aliphatic rings. The lowest BCUT2D eigenvalue weighted by Crippen LogP contribution is -2.52. The zero-order valence-corrected chi connectivity index (χ0v) is 18.2. The number of amides is 3. The Balaban J connectivity index is 1.35. The zero-order chi connectivity index (χ0) is 23.5. The molecule has 2 saturated heterocycles. The monoisotopic (exact) mass is 465 g/mol. The van der Waals surface area contributed by atoms with Crippen LogP contribution in [0, 0.1) is 5.82 Å². The summed E-state index contributed by atoms with van der Waals surface area (Å²) in [5.74, 6) is -1.53. The Hall–Kier alpha value is -2.64. The van der Waals surface area contributed by atoms with Crippen LogP contribution in [-0.4, -0.2) is 66.2 Å². The molecule has 3 aliphatic heterocycles. The maximum atomic E-state index is 15.2. The zero-order valence-electron chi connectivity index (χ0n) is 18.2. The molecule has 0 saturated carbocycles. The molecule has 4 rings (SSSR count). The van der Waals surface area contributed by atoms with Gasteiger partial charge in [0.1, 0.15) is 18.1 Å². The number of halogens is 1. The Morgan fingerprint density at radius 2 is 2.15 bits per heavy atom. The van der Waals surface area contributed by atoms with E-state index in [0.717, 1.165) is 6.54 Å². The third-order valence-electron chi connectivity index (χ3n) is 6.35. The van der Waals surface area contributed by atoms with E-state index in [1.807, 2.05) is 0 Å². The predicted molar refractivity (Wildman–Crippen MR) is 112 cm³/mol. The molecule has 0 radical (unpaired) electrons. The highest BCUT2D eigenvalue weighted by Crippen LogP contribution is 2.37. The number of imide groups is 1. The number of hydrogen-bond acceptors (Lipinski definition) is 9. The van der Waals surface area contributed by atoms with Gasteiger partial charge in [-0.15, -0.1) is 0 Å². The summed E-state index contributed by atoms with van der Waals surface area (Å²) in [6.07, 6.45) is -1.41. The summed E-state index contributed by atoms with van der Waals surface area (Å²) in [5, 5.41) is 21.7. The van der Waals surface area contributed by atoms with Crippen molar-refractivity contribution >= 4 is 17.9 Å². The average molecular weight is 465 g/mol. The molecule has 180 valence electrons. The van der Waals surface area contributed by atoms with Crippen LogP contribution < -0.4 is 21.3 Å². The lowest BCUT2D eigenvalue weighted by atomic mass is 10.0. The lowest BCUT2D eigenvalue weighted by molar-refractivity contribution is -0.281. The van der Waals surface area contributed by atoms with Crippen LogP contribution in [0.3, 0.4) is 0 Å². The first-order chi connectivity index (χ1) is 15.9. The summed E-state index contributed by atoms with van der Waals surface area (Å²) in [4.78, 5) is 47.1. The second-order valence-electron chi connectivity index (χ2n) is 8.37. The number of hydrogen-bond donors (Lipinski definition) is 5. The van der Waals surface area contributed by atoms with Gasteiger partial charge in [0, 0.05) is 43.2 Å². The van der Waals surface area contributed by atoms with Gasteiger partial charge in [0.25, 0.3) is 0 Å². The van der Waals surface area contributed by atoms with Crippen molar-refractivity contribution < 1.29 is 33.7 Å². The highest BCUT2D eigenvalue weighted by Gasteiger charge is 2.41. The first kappa shape index (κ1) is 23.5. The van der Waals surface area contributed by atoms with E-state index in [1.165, 1.54) is 11.0 Å². The fourth-order valence-electron chi connectivity index (χ4n) is 4.50. The Kier molecular flexibility index (Phi) is 7.20. The van der Waals surface area contributed by atoms with E-state index in [-0.39, 0.29) is 55.1 Å². The molecule has 1 aromatic carbocycles. The van der Waals surface area contributed by atoms with Gasteiger partial charge < -0.3 is 21.1 Å². The van der Waals surface area contributed by atoms with Gasteiger partial charge in [-0.1, -0.05) is 12.1 Å². The van der Waals surface area contributed by atoms with Crippen molar-refractivity contribution in [1.29, 1.82) is 0 Å². The summed E-state index contributed by atoms with van der Waals surface area (Å²) < 4.78 is 15.2. The SMILES string of the molecule is CNC1CNCC[C@@H]1OOC(=O)NCc1ccc2c(c1F)C(O)N(C1CCC(=O)NC1=O)C2. The molecule has 0 aliphatic carbocycles. The lowest BCUT2D eigenvalue weighted by Gasteiger charge is -2.31. The molecule has 4 atom stereocenters. The van der Waals surface area contributed by atoms with Crippen LogP contribution >= 0.6 is 0 Å². The number of nitrogens with one attached hydrogen (secondary N) is 4. The second-order valence-corrected chi connectivity index (χ2v) is 8.37. The Bertz CT molecular complexity index is 931. The van der Waals surface area contributed by atoms with E-state index >= 15 is 4.39 Å². The molecule has 1 aromatic rings. The summed E-state index contributed by atoms with van der Waals surface area (Å²) in [6.45, 7) is 1.43. The van der Waals surface area contributed by atoms with Gasteiger partial charge in [-0.05, 0) is 32.0 Å². The van der Waals surface area contributed by atoms with Crippen LogP contribution in [0.1, 0.15) is 42.2 Å². The number of nitrogens with zero attached hydrogens (tertiary/aromatic N) is 1. The number of benzene rings is 1. The number of carbonyl (C=O) groups is 3. The number of aliphatic hydroxyl groups is 1. The molecule has 2 fully saturated rings. The maximum Gasteiger partial charge on any atom is 0.438 e. The minimum absolute atomic E-state index is 0.00509. The van der Waals surface area contributed by atoms with Crippen LogP contribution in [0.5, 0.6) is 0 Å². The van der Waals surface area contributed by atoms with E-state index in [1.54, 1.807) is 13.1 Å². The van der Waals surface area contributed by atoms with E-state index in [9.17, 15) is 19.5 Å². The quantitative estimate of drug-likeness (QED) is 0.214. The molecule has 33 heavy (non-hydrogen) atoms. The minimum Gasteiger partial charge on any atom is -0.374 e. The third-order valence-corrected chi connectivity index (χ3v) is 6.35. The normalized spacial score (nSPS) is 27.7. The van der Waals surface area contributed by atoms with Crippen molar-refractivity contribution in [2.75, 3.05) is 20.1 Å². The van der Waals surface area contributed by atoms with Crippen molar-refractivity contribution in [3.63, 3.8) is 0 Å². The predicted octanol–water partition coefficient (Wildman–Crippen LogP) is -0.455. The summed E-state index contributed by atoms with van der Waals surface area (Å²) in [5.41, 5.74) is 0.767. The molecule has 0 bridgehead atoms. The smallest absolute Gasteiger partial charge is 0.374 e. The molecular weight excluding hydrogens is 437 g/mol. The van der Waals surface area contributed by atoms with E-state index < -0.39 is 30.1 Å². The van der Waals surface area contributed by atoms with Gasteiger partial charge in [0.05, 0.1) is 6.04 Å². The summed E-state index contributed by atoms with van der Waals surface area (Å²) in [7, 11) is 1.79. The van der Waals surface area contributed by atoms with Gasteiger partial charge >= 0.3 is 6.09 Å². The van der Waals surface area contributed by atoms with E-state index in [2.05, 4.69) is 21.3 Å². The van der Waals surface area contributed by atoms with Gasteiger partial charge in [-0.2, -0.15) is 4.89 Å². The number of aliphatic hydroxyl groups excluding tert-OH is 1. The number of carbonyl (C=O) groups excluding carboxylic acids is 3. The average Bonchev–Trinajstić information content (AvgIpc) is 3.14. The van der Waals surface area contributed by atoms with Crippen LogP contribution in [0.25, 0.3) is 0 Å². The van der Waals surface area contributed by atoms with Gasteiger partial charge in [0.15, 0.2) is 0 Å². The highest BCUT2D eigenvalue weighted by atomic mass is 19.1. The molecule has 0 aromatic heterocycles. The van der Waals surface area contributed by atoms with Crippen LogP contribution in [0.4, 0.5) is 9.18 Å². The molecular formula is C21H28FN5O6. The number of fused-ring (bicyclic) bond motifs is 1. The maximum absolute atomic E-state index is 15.2. The Labute approximate surface area is 189 Å². The Morgan fingerprint density at radius 3 is 2.91 bits per heavy atom. The van der Waals surface area contributed by atoms with Crippen LogP contribution in [0.15, 0.2) is 12.1 Å². The molecule has 5 N–H and O–H groups in total. The first-order valence-corrected chi connectivity index (χ1v) is 11.0. The molecule has 3 amide bonds. The van der Waals surface area contributed by atoms with Crippen molar-refractivity contribution in [3.05, 3.63) is 34.6 Å². The van der Waals surface area contributed by atoms with Gasteiger partial charge in [-0.3, -0.25) is 24.7 Å². The molecule has 3 unspecified atom stereocenters. The van der Waals surface area contributed by atoms with Crippen LogP contribution in [-0.2, 0) is 32.5 Å². The minimum atomic E-state index is -1.34. The first-order valence-electron chi connectivity index (χ1n) is 11.0. The number of likely N-dealkylation sites (N-methyl/N-ethyl adjacent to an activating group) is 1. The van der Waals surface area contributed by atoms with Gasteiger partial charge in [-0.25, -0.2) is 9.18 Å². The van der Waals surface area contributed by atoms with Crippen molar-refractivity contribution in [3.8, 4) is 0 Å². The van der Waals surface area contributed by atoms with Gasteiger partial charge in [0.2, 0.25) is 11.8 Å². The van der Waals surface area contributed by atoms with E-state index in [4.69, 9.17) is 9.78 Å². The fraction of sp³-hybridized carbons (Fsp3) is 0.571. The third kappa shape index (κ3) is 4.99. The topological polar surface area (TPSA) is 141 Å². The molecule has 3 heterocycles. The standard InChI is InChI=1S/C21H28FN5O6/c1-23-13-9-24-7-6-15(13)32-33-21(31)25-8-11-2-3-12-10-27(20(30)17(12)18(11)22)14-4-5-16(28)26-19(14)29/h2-3,13-15,20,23-24,30H,4-10H2,1H3,(H,25,31)(H,26,28,29)/t13?,14?,15-,20?/m0/s1. The highest BCUT2D eigenvalue weighted by molar-refractivity contribution is 6.00. The molecule has 0 spiro atoms. The largest absolute Gasteiger partial charge is 0.438 e. The summed E-state index contributed by atoms with van der Waals surface area (Å²) >= 11 is 0. The van der Waals surface area contributed by atoms with E-state index in [0.29, 0.717) is 18.5 Å².